The number of hydrogen-bond acceptors (Lipinski definition) is 4. The maximum atomic E-state index is 8.52. The van der Waals surface area contributed by atoms with Crippen molar-refractivity contribution in [1.29, 1.82) is 10.7 Å². The van der Waals surface area contributed by atoms with Crippen LogP contribution in [0.2, 0.25) is 0 Å². The second kappa shape index (κ2) is 8.78. The van der Waals surface area contributed by atoms with Gasteiger partial charge >= 0.3 is 0 Å². The molecule has 1 aromatic rings. The third-order valence-corrected chi connectivity index (χ3v) is 2.29. The Labute approximate surface area is 118 Å². The van der Waals surface area contributed by atoms with E-state index in [2.05, 4.69) is 16.6 Å². The summed E-state index contributed by atoms with van der Waals surface area (Å²) in [6.07, 6.45) is 2.09. The number of hydrogen-bond donors (Lipinski definition) is 3. The van der Waals surface area contributed by atoms with E-state index in [9.17, 15) is 0 Å². The number of anilines is 1. The number of halogens is 1. The van der Waals surface area contributed by atoms with Crippen LogP contribution >= 0.6 is 12.4 Å². The molecule has 0 aliphatic heterocycles. The van der Waals surface area contributed by atoms with Crippen molar-refractivity contribution in [3.8, 4) is 6.07 Å². The molecule has 0 spiro atoms. The molecule has 0 saturated heterocycles. The molecule has 0 aromatic heterocycles. The van der Waals surface area contributed by atoms with E-state index in [0.717, 1.165) is 11.3 Å². The second-order valence-electron chi connectivity index (χ2n) is 3.70. The fraction of sp³-hybridized carbons (Fsp3) is 0.250. The highest BCUT2D eigenvalue weighted by molar-refractivity contribution is 5.85. The van der Waals surface area contributed by atoms with Gasteiger partial charge in [-0.25, -0.2) is 5.43 Å². The number of guanidine groups is 1. The number of benzene rings is 1. The van der Waals surface area contributed by atoms with Crippen molar-refractivity contribution in [2.75, 3.05) is 18.5 Å². The average molecular weight is 281 g/mol. The minimum Gasteiger partial charge on any atom is -0.374 e. The lowest BCUT2D eigenvalue weighted by atomic mass is 10.2. The summed E-state index contributed by atoms with van der Waals surface area (Å²) in [5, 5.41) is 19.2. The Bertz CT molecular complexity index is 462. The predicted molar refractivity (Wildman–Crippen MR) is 79.8 cm³/mol. The van der Waals surface area contributed by atoms with E-state index in [1.165, 1.54) is 0 Å². The molecular weight excluding hydrogens is 264 g/mol. The zero-order chi connectivity index (χ0) is 13.4. The minimum absolute atomic E-state index is 0. The first-order valence-electron chi connectivity index (χ1n) is 5.44. The van der Waals surface area contributed by atoms with Gasteiger partial charge in [0.05, 0.1) is 18.7 Å². The summed E-state index contributed by atoms with van der Waals surface area (Å²) in [6, 6.07) is 9.83. The first kappa shape index (κ1) is 16.7. The summed E-state index contributed by atoms with van der Waals surface area (Å²) >= 11 is 0. The third-order valence-electron chi connectivity index (χ3n) is 2.29. The highest BCUT2D eigenvalue weighted by Crippen LogP contribution is 2.13. The molecule has 0 fully saturated rings. The first-order valence-corrected chi connectivity index (χ1v) is 5.44. The normalized spacial score (nSPS) is 9.47. The van der Waals surface area contributed by atoms with Gasteiger partial charge in [0.25, 0.3) is 0 Å². The summed E-state index contributed by atoms with van der Waals surface area (Å²) in [5.74, 6) is -0.195. The number of nitrogens with two attached hydrogens (primary N) is 1. The largest absolute Gasteiger partial charge is 0.374 e. The molecule has 102 valence electrons. The van der Waals surface area contributed by atoms with E-state index in [4.69, 9.17) is 16.4 Å². The fourth-order valence-corrected chi connectivity index (χ4v) is 1.34. The molecule has 0 unspecified atom stereocenters. The standard InChI is InChI=1S/C12H16N6.ClH/c1-18(8-2-7-13)11-5-3-10(4-6-11)9-16-17-12(14)15;/h3-6,9H,2,8H2,1H3,(H4,14,15,17);1H. The molecule has 6 nitrogen and oxygen atoms in total. The second-order valence-corrected chi connectivity index (χ2v) is 3.70. The van der Waals surface area contributed by atoms with Crippen LogP contribution in [0.15, 0.2) is 29.4 Å². The van der Waals surface area contributed by atoms with Crippen LogP contribution in [-0.2, 0) is 0 Å². The Morgan fingerprint density at radius 2 is 2.16 bits per heavy atom. The average Bonchev–Trinajstić information content (AvgIpc) is 2.36. The molecule has 0 saturated carbocycles. The van der Waals surface area contributed by atoms with Crippen molar-refractivity contribution in [1.82, 2.24) is 5.43 Å². The molecule has 0 bridgehead atoms. The molecular formula is C12H17ClN6. The first-order chi connectivity index (χ1) is 8.63. The Kier molecular flexibility index (Phi) is 7.73. The van der Waals surface area contributed by atoms with E-state index < -0.39 is 0 Å². The topological polar surface area (TPSA) is 101 Å². The van der Waals surface area contributed by atoms with Crippen molar-refractivity contribution in [2.24, 2.45) is 10.8 Å². The van der Waals surface area contributed by atoms with E-state index in [0.29, 0.717) is 13.0 Å². The molecule has 1 rings (SSSR count). The number of nitrogens with zero attached hydrogens (tertiary/aromatic N) is 3. The summed E-state index contributed by atoms with van der Waals surface area (Å²) in [7, 11) is 1.94. The smallest absolute Gasteiger partial charge is 0.206 e. The van der Waals surface area contributed by atoms with Gasteiger partial charge in [-0.2, -0.15) is 10.4 Å². The van der Waals surface area contributed by atoms with Crippen LogP contribution in [0, 0.1) is 16.7 Å². The summed E-state index contributed by atoms with van der Waals surface area (Å²) in [5.41, 5.74) is 9.38. The van der Waals surface area contributed by atoms with E-state index in [-0.39, 0.29) is 18.4 Å². The number of rotatable bonds is 5. The van der Waals surface area contributed by atoms with Gasteiger partial charge in [0.2, 0.25) is 5.96 Å². The lowest BCUT2D eigenvalue weighted by Crippen LogP contribution is -2.25. The highest BCUT2D eigenvalue weighted by atomic mass is 35.5. The molecule has 0 radical (unpaired) electrons. The van der Waals surface area contributed by atoms with Gasteiger partial charge in [-0.05, 0) is 17.7 Å². The van der Waals surface area contributed by atoms with Crippen LogP contribution in [0.5, 0.6) is 0 Å². The van der Waals surface area contributed by atoms with Gasteiger partial charge < -0.3 is 10.6 Å². The van der Waals surface area contributed by atoms with E-state index >= 15 is 0 Å². The number of nitrogens with one attached hydrogen (secondary N) is 2. The Morgan fingerprint density at radius 1 is 1.53 bits per heavy atom. The maximum Gasteiger partial charge on any atom is 0.206 e. The zero-order valence-corrected chi connectivity index (χ0v) is 11.4. The quantitative estimate of drug-likeness (QED) is 0.429. The summed E-state index contributed by atoms with van der Waals surface area (Å²) < 4.78 is 0. The van der Waals surface area contributed by atoms with Crippen molar-refractivity contribution in [3.05, 3.63) is 29.8 Å². The Balaban J connectivity index is 0.00000324. The van der Waals surface area contributed by atoms with Crippen molar-refractivity contribution >= 4 is 30.3 Å². The SMILES string of the molecule is CN(CCC#N)c1ccc(C=NNC(=N)N)cc1.Cl. The monoisotopic (exact) mass is 280 g/mol. The molecule has 0 atom stereocenters. The van der Waals surface area contributed by atoms with Gasteiger partial charge in [-0.15, -0.1) is 12.4 Å². The van der Waals surface area contributed by atoms with E-state index in [1.807, 2.05) is 36.2 Å². The zero-order valence-electron chi connectivity index (χ0n) is 10.6. The van der Waals surface area contributed by atoms with Crippen LogP contribution in [0.3, 0.4) is 0 Å². The number of hydrazone groups is 1. The lowest BCUT2D eigenvalue weighted by Gasteiger charge is -2.17. The minimum atomic E-state index is -0.195. The molecule has 0 amide bonds. The Morgan fingerprint density at radius 3 is 2.68 bits per heavy atom. The Hall–Kier alpha value is -2.26. The number of nitriles is 1. The molecule has 0 aliphatic carbocycles. The van der Waals surface area contributed by atoms with Crippen LogP contribution < -0.4 is 16.1 Å². The van der Waals surface area contributed by atoms with Crippen LogP contribution in [0.4, 0.5) is 5.69 Å². The van der Waals surface area contributed by atoms with Crippen molar-refractivity contribution in [2.45, 2.75) is 6.42 Å². The van der Waals surface area contributed by atoms with Crippen molar-refractivity contribution < 1.29 is 0 Å². The van der Waals surface area contributed by atoms with Crippen LogP contribution in [-0.4, -0.2) is 25.8 Å². The van der Waals surface area contributed by atoms with Gasteiger partial charge in [-0.1, -0.05) is 12.1 Å². The van der Waals surface area contributed by atoms with Gasteiger partial charge in [-0.3, -0.25) is 5.41 Å². The van der Waals surface area contributed by atoms with Gasteiger partial charge in [0, 0.05) is 19.3 Å². The fourth-order valence-electron chi connectivity index (χ4n) is 1.34. The molecule has 4 N–H and O–H groups in total. The molecule has 1 aromatic carbocycles. The van der Waals surface area contributed by atoms with Crippen LogP contribution in [0.1, 0.15) is 12.0 Å². The molecule has 7 heteroatoms. The van der Waals surface area contributed by atoms with E-state index in [1.54, 1.807) is 6.21 Å². The summed E-state index contributed by atoms with van der Waals surface area (Å²) in [4.78, 5) is 2.01. The van der Waals surface area contributed by atoms with Crippen molar-refractivity contribution in [3.63, 3.8) is 0 Å². The van der Waals surface area contributed by atoms with Gasteiger partial charge in [0.15, 0.2) is 0 Å². The molecule has 19 heavy (non-hydrogen) atoms. The molecule has 0 aliphatic rings. The molecule has 0 heterocycles. The predicted octanol–water partition coefficient (Wildman–Crippen LogP) is 1.28. The van der Waals surface area contributed by atoms with Gasteiger partial charge in [0.1, 0.15) is 0 Å². The third kappa shape index (κ3) is 6.29. The highest BCUT2D eigenvalue weighted by Gasteiger charge is 1.99. The van der Waals surface area contributed by atoms with Crippen LogP contribution in [0.25, 0.3) is 0 Å². The maximum absolute atomic E-state index is 8.52. The summed E-state index contributed by atoms with van der Waals surface area (Å²) in [6.45, 7) is 0.704. The lowest BCUT2D eigenvalue weighted by molar-refractivity contribution is 0.905.